The number of nitrogens with two attached hydrogens (primary N) is 1. The summed E-state index contributed by atoms with van der Waals surface area (Å²) in [6, 6.07) is 8.78. The molecular weight excluding hydrogens is 188 g/mol. The second kappa shape index (κ2) is 4.45. The highest BCUT2D eigenvalue weighted by molar-refractivity contribution is 5.79. The van der Waals surface area contributed by atoms with Gasteiger partial charge < -0.3 is 10.5 Å². The Balaban J connectivity index is 1.98. The molecule has 0 saturated carbocycles. The molecule has 1 aromatic carbocycles. The maximum Gasteiger partial charge on any atom is 0.197 e. The third-order valence-corrected chi connectivity index (χ3v) is 2.54. The van der Waals surface area contributed by atoms with Crippen LogP contribution in [0.5, 0.6) is 0 Å². The van der Waals surface area contributed by atoms with Crippen molar-refractivity contribution in [2.45, 2.75) is 19.4 Å². The first-order chi connectivity index (χ1) is 7.28. The minimum atomic E-state index is 0.242. The molecule has 0 aliphatic carbocycles. The van der Waals surface area contributed by atoms with E-state index in [1.54, 1.807) is 0 Å². The quantitative estimate of drug-likeness (QED) is 0.806. The number of aliphatic imine (C=N–C) groups is 1. The van der Waals surface area contributed by atoms with E-state index in [-0.39, 0.29) is 6.04 Å². The van der Waals surface area contributed by atoms with Crippen LogP contribution in [0.2, 0.25) is 0 Å². The SMILES string of the molecule is Cc1ccc(CC2COC(CN)=N2)cc1. The molecular formula is C12H16N2O. The fourth-order valence-electron chi connectivity index (χ4n) is 1.68. The Morgan fingerprint density at radius 1 is 1.40 bits per heavy atom. The lowest BCUT2D eigenvalue weighted by Crippen LogP contribution is -2.13. The normalized spacial score (nSPS) is 19.9. The summed E-state index contributed by atoms with van der Waals surface area (Å²) in [5.41, 5.74) is 8.04. The molecule has 0 aromatic heterocycles. The summed E-state index contributed by atoms with van der Waals surface area (Å²) in [6.45, 7) is 3.16. The lowest BCUT2D eigenvalue weighted by atomic mass is 10.1. The Morgan fingerprint density at radius 2 is 2.13 bits per heavy atom. The number of ether oxygens (including phenoxy) is 1. The molecule has 0 bridgehead atoms. The average Bonchev–Trinajstić information content (AvgIpc) is 2.69. The summed E-state index contributed by atoms with van der Waals surface area (Å²) >= 11 is 0. The fourth-order valence-corrected chi connectivity index (χ4v) is 1.68. The van der Waals surface area contributed by atoms with Crippen LogP contribution in [0.3, 0.4) is 0 Å². The molecule has 0 radical (unpaired) electrons. The van der Waals surface area contributed by atoms with Crippen molar-refractivity contribution in [2.24, 2.45) is 10.7 Å². The third-order valence-electron chi connectivity index (χ3n) is 2.54. The van der Waals surface area contributed by atoms with Crippen molar-refractivity contribution in [1.82, 2.24) is 0 Å². The first-order valence-corrected chi connectivity index (χ1v) is 5.23. The van der Waals surface area contributed by atoms with Crippen molar-refractivity contribution >= 4 is 5.90 Å². The predicted octanol–water partition coefficient (Wildman–Crippen LogP) is 1.29. The standard InChI is InChI=1S/C12H16N2O/c1-9-2-4-10(5-3-9)6-11-8-15-12(7-13)14-11/h2-5,11H,6-8,13H2,1H3. The molecule has 15 heavy (non-hydrogen) atoms. The van der Waals surface area contributed by atoms with Gasteiger partial charge in [-0.05, 0) is 18.9 Å². The molecule has 0 amide bonds. The molecule has 0 fully saturated rings. The molecule has 1 aromatic rings. The first-order valence-electron chi connectivity index (χ1n) is 5.23. The zero-order valence-corrected chi connectivity index (χ0v) is 8.94. The van der Waals surface area contributed by atoms with Gasteiger partial charge in [0.05, 0.1) is 12.6 Å². The number of benzene rings is 1. The topological polar surface area (TPSA) is 47.6 Å². The number of hydrogen-bond donors (Lipinski definition) is 1. The summed E-state index contributed by atoms with van der Waals surface area (Å²) in [4.78, 5) is 4.39. The van der Waals surface area contributed by atoms with E-state index < -0.39 is 0 Å². The number of rotatable bonds is 3. The van der Waals surface area contributed by atoms with Gasteiger partial charge in [-0.2, -0.15) is 0 Å². The van der Waals surface area contributed by atoms with E-state index in [1.165, 1.54) is 11.1 Å². The van der Waals surface area contributed by atoms with Crippen molar-refractivity contribution < 1.29 is 4.74 Å². The van der Waals surface area contributed by atoms with E-state index in [1.807, 2.05) is 0 Å². The van der Waals surface area contributed by atoms with E-state index >= 15 is 0 Å². The van der Waals surface area contributed by atoms with Gasteiger partial charge >= 0.3 is 0 Å². The summed E-state index contributed by atoms with van der Waals surface area (Å²) in [6.07, 6.45) is 0.934. The van der Waals surface area contributed by atoms with Gasteiger partial charge in [-0.25, -0.2) is 4.99 Å². The summed E-state index contributed by atoms with van der Waals surface area (Å²) < 4.78 is 5.34. The first kappa shape index (κ1) is 10.2. The van der Waals surface area contributed by atoms with Crippen LogP contribution in [0.1, 0.15) is 11.1 Å². The summed E-state index contributed by atoms with van der Waals surface area (Å²) in [7, 11) is 0. The zero-order chi connectivity index (χ0) is 10.7. The molecule has 1 heterocycles. The molecule has 2 rings (SSSR count). The number of nitrogens with zero attached hydrogens (tertiary/aromatic N) is 1. The van der Waals surface area contributed by atoms with E-state index in [0.717, 1.165) is 6.42 Å². The Labute approximate surface area is 90.0 Å². The van der Waals surface area contributed by atoms with E-state index in [2.05, 4.69) is 36.2 Å². The van der Waals surface area contributed by atoms with E-state index in [9.17, 15) is 0 Å². The van der Waals surface area contributed by atoms with Crippen LogP contribution >= 0.6 is 0 Å². The Bertz CT molecular complexity index is 356. The van der Waals surface area contributed by atoms with E-state index in [0.29, 0.717) is 19.0 Å². The van der Waals surface area contributed by atoms with Crippen molar-refractivity contribution in [3.8, 4) is 0 Å². The minimum Gasteiger partial charge on any atom is -0.478 e. The maximum absolute atomic E-state index is 5.45. The second-order valence-electron chi connectivity index (χ2n) is 3.88. The monoisotopic (exact) mass is 204 g/mol. The largest absolute Gasteiger partial charge is 0.478 e. The number of hydrogen-bond acceptors (Lipinski definition) is 3. The van der Waals surface area contributed by atoms with Gasteiger partial charge in [0, 0.05) is 0 Å². The van der Waals surface area contributed by atoms with Crippen LogP contribution in [-0.2, 0) is 11.2 Å². The second-order valence-corrected chi connectivity index (χ2v) is 3.88. The molecule has 1 unspecified atom stereocenters. The van der Waals surface area contributed by atoms with Crippen LogP contribution in [0, 0.1) is 6.92 Å². The molecule has 1 aliphatic rings. The Morgan fingerprint density at radius 3 is 2.73 bits per heavy atom. The van der Waals surface area contributed by atoms with Crippen LogP contribution in [-0.4, -0.2) is 25.1 Å². The Hall–Kier alpha value is -1.35. The van der Waals surface area contributed by atoms with E-state index in [4.69, 9.17) is 10.5 Å². The minimum absolute atomic E-state index is 0.242. The van der Waals surface area contributed by atoms with Gasteiger partial charge in [-0.1, -0.05) is 29.8 Å². The van der Waals surface area contributed by atoms with Crippen molar-refractivity contribution in [3.05, 3.63) is 35.4 Å². The van der Waals surface area contributed by atoms with Gasteiger partial charge in [0.1, 0.15) is 6.61 Å². The predicted molar refractivity (Wildman–Crippen MR) is 61.1 cm³/mol. The van der Waals surface area contributed by atoms with Gasteiger partial charge in [-0.15, -0.1) is 0 Å². The summed E-state index contributed by atoms with van der Waals surface area (Å²) in [5.74, 6) is 0.687. The van der Waals surface area contributed by atoms with Crippen LogP contribution in [0.4, 0.5) is 0 Å². The smallest absolute Gasteiger partial charge is 0.197 e. The van der Waals surface area contributed by atoms with Crippen LogP contribution in [0.15, 0.2) is 29.3 Å². The molecule has 2 N–H and O–H groups in total. The van der Waals surface area contributed by atoms with Crippen LogP contribution in [0.25, 0.3) is 0 Å². The highest BCUT2D eigenvalue weighted by Gasteiger charge is 2.17. The van der Waals surface area contributed by atoms with Gasteiger partial charge in [0.15, 0.2) is 5.90 Å². The average molecular weight is 204 g/mol. The lowest BCUT2D eigenvalue weighted by Gasteiger charge is -2.05. The van der Waals surface area contributed by atoms with Crippen molar-refractivity contribution in [1.29, 1.82) is 0 Å². The van der Waals surface area contributed by atoms with Gasteiger partial charge in [0.2, 0.25) is 0 Å². The summed E-state index contributed by atoms with van der Waals surface area (Å²) in [5, 5.41) is 0. The van der Waals surface area contributed by atoms with Crippen LogP contribution < -0.4 is 5.73 Å². The molecule has 3 nitrogen and oxygen atoms in total. The maximum atomic E-state index is 5.45. The van der Waals surface area contributed by atoms with Gasteiger partial charge in [0.25, 0.3) is 0 Å². The third kappa shape index (κ3) is 2.57. The molecule has 1 aliphatic heterocycles. The van der Waals surface area contributed by atoms with Gasteiger partial charge in [-0.3, -0.25) is 0 Å². The zero-order valence-electron chi connectivity index (χ0n) is 8.94. The molecule has 1 atom stereocenters. The molecule has 80 valence electrons. The lowest BCUT2D eigenvalue weighted by molar-refractivity contribution is 0.312. The van der Waals surface area contributed by atoms with Crippen molar-refractivity contribution in [2.75, 3.05) is 13.2 Å². The fraction of sp³-hybridized carbons (Fsp3) is 0.417. The highest BCUT2D eigenvalue weighted by atomic mass is 16.5. The Kier molecular flexibility index (Phi) is 3.02. The highest BCUT2D eigenvalue weighted by Crippen LogP contribution is 2.12. The molecule has 0 saturated heterocycles. The molecule has 0 spiro atoms. The van der Waals surface area contributed by atoms with Crippen molar-refractivity contribution in [3.63, 3.8) is 0 Å². The molecule has 3 heteroatoms. The number of aryl methyl sites for hydroxylation is 1.